The maximum atomic E-state index is 12.7. The molecule has 1 amide bonds. The molecule has 144 valence electrons. The monoisotopic (exact) mass is 392 g/mol. The number of rotatable bonds is 5. The minimum atomic E-state index is -3.57. The second-order valence-electron chi connectivity index (χ2n) is 5.92. The van der Waals surface area contributed by atoms with Gasteiger partial charge < -0.3 is 19.5 Å². The number of carbonyl (C=O) groups is 1. The third-order valence-electron chi connectivity index (χ3n) is 4.09. The Bertz CT molecular complexity index is 960. The molecule has 0 radical (unpaired) electrons. The van der Waals surface area contributed by atoms with Crippen molar-refractivity contribution in [1.82, 2.24) is 0 Å². The lowest BCUT2D eigenvalue weighted by Gasteiger charge is -2.33. The van der Waals surface area contributed by atoms with Gasteiger partial charge in [0, 0.05) is 6.07 Å². The molecule has 8 nitrogen and oxygen atoms in total. The van der Waals surface area contributed by atoms with E-state index in [-0.39, 0.29) is 6.54 Å². The van der Waals surface area contributed by atoms with Crippen molar-refractivity contribution in [2.24, 2.45) is 0 Å². The maximum Gasteiger partial charge on any atom is 0.267 e. The first-order valence-corrected chi connectivity index (χ1v) is 9.94. The third kappa shape index (κ3) is 3.92. The van der Waals surface area contributed by atoms with Gasteiger partial charge in [0.25, 0.3) is 5.91 Å². The molecule has 0 fully saturated rings. The standard InChI is InChI=1S/C18H20N2O6S/c1-24-12-8-9-13(16(10-12)25-2)19-18(21)17-11-20(27(3,22)23)14-6-4-5-7-15(14)26-17/h4-10,17H,11H2,1-3H3,(H,19,21)/t17-/m0/s1. The molecule has 0 bridgehead atoms. The summed E-state index contributed by atoms with van der Waals surface area (Å²) in [5.74, 6) is 0.840. The molecule has 2 aromatic rings. The van der Waals surface area contributed by atoms with E-state index in [0.717, 1.165) is 6.26 Å². The van der Waals surface area contributed by atoms with Crippen LogP contribution in [0, 0.1) is 0 Å². The molecular weight excluding hydrogens is 372 g/mol. The number of nitrogens with zero attached hydrogens (tertiary/aromatic N) is 1. The summed E-state index contributed by atoms with van der Waals surface area (Å²) >= 11 is 0. The van der Waals surface area contributed by atoms with Gasteiger partial charge in [-0.25, -0.2) is 8.42 Å². The predicted octanol–water partition coefficient (Wildman–Crippen LogP) is 1.87. The van der Waals surface area contributed by atoms with Crippen molar-refractivity contribution in [1.29, 1.82) is 0 Å². The van der Waals surface area contributed by atoms with Crippen molar-refractivity contribution in [2.45, 2.75) is 6.10 Å². The Balaban J connectivity index is 1.86. The van der Waals surface area contributed by atoms with Crippen LogP contribution < -0.4 is 23.8 Å². The van der Waals surface area contributed by atoms with E-state index < -0.39 is 22.0 Å². The van der Waals surface area contributed by atoms with Gasteiger partial charge in [-0.2, -0.15) is 0 Å². The van der Waals surface area contributed by atoms with Crippen LogP contribution in [-0.4, -0.2) is 47.4 Å². The smallest absolute Gasteiger partial charge is 0.267 e. The molecule has 1 aliphatic rings. The Morgan fingerprint density at radius 1 is 1.19 bits per heavy atom. The molecule has 1 N–H and O–H groups in total. The van der Waals surface area contributed by atoms with Gasteiger partial charge in [-0.05, 0) is 24.3 Å². The van der Waals surface area contributed by atoms with Crippen LogP contribution in [0.5, 0.6) is 17.2 Å². The number of methoxy groups -OCH3 is 2. The first-order valence-electron chi connectivity index (χ1n) is 8.09. The number of benzene rings is 2. The largest absolute Gasteiger partial charge is 0.497 e. The van der Waals surface area contributed by atoms with Crippen molar-refractivity contribution in [3.63, 3.8) is 0 Å². The first kappa shape index (κ1) is 18.8. The number of hydrogen-bond donors (Lipinski definition) is 1. The molecule has 2 aromatic carbocycles. The van der Waals surface area contributed by atoms with E-state index in [1.807, 2.05) is 0 Å². The van der Waals surface area contributed by atoms with Crippen molar-refractivity contribution in [3.05, 3.63) is 42.5 Å². The zero-order valence-corrected chi connectivity index (χ0v) is 15.9. The summed E-state index contributed by atoms with van der Waals surface area (Å²) in [5, 5.41) is 2.72. The minimum absolute atomic E-state index is 0.125. The van der Waals surface area contributed by atoms with Gasteiger partial charge in [-0.1, -0.05) is 12.1 Å². The van der Waals surface area contributed by atoms with Crippen LogP contribution in [0.25, 0.3) is 0 Å². The molecule has 1 atom stereocenters. The summed E-state index contributed by atoms with van der Waals surface area (Å²) in [6.45, 7) is -0.125. The van der Waals surface area contributed by atoms with Crippen LogP contribution in [0.15, 0.2) is 42.5 Å². The number of para-hydroxylation sites is 2. The lowest BCUT2D eigenvalue weighted by molar-refractivity contribution is -0.122. The molecule has 1 aliphatic heterocycles. The van der Waals surface area contributed by atoms with E-state index in [9.17, 15) is 13.2 Å². The highest BCUT2D eigenvalue weighted by atomic mass is 32.2. The van der Waals surface area contributed by atoms with Crippen LogP contribution in [0.4, 0.5) is 11.4 Å². The molecular formula is C18H20N2O6S. The third-order valence-corrected chi connectivity index (χ3v) is 5.24. The fourth-order valence-corrected chi connectivity index (χ4v) is 3.68. The number of amides is 1. The fourth-order valence-electron chi connectivity index (χ4n) is 2.77. The summed E-state index contributed by atoms with van der Waals surface area (Å²) in [6, 6.07) is 11.6. The zero-order valence-electron chi connectivity index (χ0n) is 15.1. The summed E-state index contributed by atoms with van der Waals surface area (Å²) < 4.78 is 41.6. The average Bonchev–Trinajstić information content (AvgIpc) is 2.66. The Labute approximate surface area is 157 Å². The molecule has 0 saturated carbocycles. The number of sulfonamides is 1. The van der Waals surface area contributed by atoms with Crippen molar-refractivity contribution >= 4 is 27.3 Å². The van der Waals surface area contributed by atoms with Gasteiger partial charge in [0.05, 0.1) is 38.4 Å². The summed E-state index contributed by atoms with van der Waals surface area (Å²) in [4.78, 5) is 12.7. The van der Waals surface area contributed by atoms with Crippen LogP contribution >= 0.6 is 0 Å². The average molecular weight is 392 g/mol. The lowest BCUT2D eigenvalue weighted by atomic mass is 10.2. The molecule has 0 spiro atoms. The Morgan fingerprint density at radius 3 is 2.59 bits per heavy atom. The number of anilines is 2. The number of nitrogens with one attached hydrogen (secondary N) is 1. The van der Waals surface area contributed by atoms with E-state index >= 15 is 0 Å². The summed E-state index contributed by atoms with van der Waals surface area (Å²) in [5.41, 5.74) is 0.836. The van der Waals surface area contributed by atoms with E-state index in [4.69, 9.17) is 14.2 Å². The molecule has 0 saturated heterocycles. The molecule has 27 heavy (non-hydrogen) atoms. The van der Waals surface area contributed by atoms with E-state index in [2.05, 4.69) is 5.32 Å². The van der Waals surface area contributed by atoms with Gasteiger partial charge in [0.1, 0.15) is 17.2 Å². The molecule has 1 heterocycles. The normalized spacial score (nSPS) is 16.1. The van der Waals surface area contributed by atoms with Crippen molar-refractivity contribution < 1.29 is 27.4 Å². The topological polar surface area (TPSA) is 94.2 Å². The molecule has 0 aliphatic carbocycles. The highest BCUT2D eigenvalue weighted by Crippen LogP contribution is 2.35. The van der Waals surface area contributed by atoms with Gasteiger partial charge in [0.15, 0.2) is 6.10 Å². The number of hydrogen-bond acceptors (Lipinski definition) is 6. The van der Waals surface area contributed by atoms with Gasteiger partial charge >= 0.3 is 0 Å². The second kappa shape index (κ2) is 7.36. The van der Waals surface area contributed by atoms with Crippen molar-refractivity contribution in [2.75, 3.05) is 36.6 Å². The number of carbonyl (C=O) groups excluding carboxylic acids is 1. The van der Waals surface area contributed by atoms with Crippen LogP contribution in [0.1, 0.15) is 0 Å². The summed E-state index contributed by atoms with van der Waals surface area (Å²) in [6.07, 6.45) is 0.0813. The van der Waals surface area contributed by atoms with Crippen LogP contribution in [0.3, 0.4) is 0 Å². The lowest BCUT2D eigenvalue weighted by Crippen LogP contribution is -2.48. The first-order chi connectivity index (χ1) is 12.8. The van der Waals surface area contributed by atoms with Crippen LogP contribution in [-0.2, 0) is 14.8 Å². The van der Waals surface area contributed by atoms with Gasteiger partial charge in [-0.3, -0.25) is 9.10 Å². The molecule has 3 rings (SSSR count). The quantitative estimate of drug-likeness (QED) is 0.835. The Morgan fingerprint density at radius 2 is 1.93 bits per heavy atom. The highest BCUT2D eigenvalue weighted by Gasteiger charge is 2.35. The predicted molar refractivity (Wildman–Crippen MR) is 101 cm³/mol. The summed E-state index contributed by atoms with van der Waals surface area (Å²) in [7, 11) is -0.565. The van der Waals surface area contributed by atoms with E-state index in [0.29, 0.717) is 28.6 Å². The Hall–Kier alpha value is -2.94. The molecule has 0 aromatic heterocycles. The van der Waals surface area contributed by atoms with Crippen LogP contribution in [0.2, 0.25) is 0 Å². The second-order valence-corrected chi connectivity index (χ2v) is 7.83. The Kier molecular flexibility index (Phi) is 5.13. The van der Waals surface area contributed by atoms with Gasteiger partial charge in [0.2, 0.25) is 10.0 Å². The fraction of sp³-hybridized carbons (Fsp3) is 0.278. The minimum Gasteiger partial charge on any atom is -0.497 e. The number of ether oxygens (including phenoxy) is 3. The van der Waals surface area contributed by atoms with E-state index in [1.165, 1.54) is 18.5 Å². The molecule has 9 heteroatoms. The van der Waals surface area contributed by atoms with Gasteiger partial charge in [-0.15, -0.1) is 0 Å². The number of fused-ring (bicyclic) bond motifs is 1. The van der Waals surface area contributed by atoms with Crippen molar-refractivity contribution in [3.8, 4) is 17.2 Å². The van der Waals surface area contributed by atoms with E-state index in [1.54, 1.807) is 42.5 Å². The zero-order chi connectivity index (χ0) is 19.6. The molecule has 0 unspecified atom stereocenters. The highest BCUT2D eigenvalue weighted by molar-refractivity contribution is 7.92. The maximum absolute atomic E-state index is 12.7. The SMILES string of the molecule is COc1ccc(NC(=O)[C@@H]2CN(S(C)(=O)=O)c3ccccc3O2)c(OC)c1.